The summed E-state index contributed by atoms with van der Waals surface area (Å²) in [7, 11) is 0. The molecule has 1 aromatic rings. The molecule has 0 aromatic heterocycles. The number of para-hydroxylation sites is 1. The molecule has 11 heavy (non-hydrogen) atoms. The zero-order valence-corrected chi connectivity index (χ0v) is 6.43. The van der Waals surface area contributed by atoms with Gasteiger partial charge in [0.1, 0.15) is 5.75 Å². The molecule has 1 aliphatic rings. The highest BCUT2D eigenvalue weighted by Gasteiger charge is 2.16. The van der Waals surface area contributed by atoms with Crippen LogP contribution in [0.15, 0.2) is 24.3 Å². The Labute approximate surface area is 68.6 Å². The van der Waals surface area contributed by atoms with Gasteiger partial charge in [0.2, 0.25) is 0 Å². The van der Waals surface area contributed by atoms with E-state index in [9.17, 15) is 4.79 Å². The molecule has 0 fully saturated rings. The highest BCUT2D eigenvalue weighted by atomic mass is 32.2. The molecule has 0 saturated carbocycles. The summed E-state index contributed by atoms with van der Waals surface area (Å²) < 4.78 is 4.92. The second kappa shape index (κ2) is 2.58. The molecule has 0 amide bonds. The Morgan fingerprint density at radius 2 is 2.09 bits per heavy atom. The first-order chi connectivity index (χ1) is 5.36. The second-order valence-corrected chi connectivity index (χ2v) is 2.93. The van der Waals surface area contributed by atoms with E-state index in [0.717, 1.165) is 17.3 Å². The largest absolute Gasteiger partial charge is 0.418 e. The van der Waals surface area contributed by atoms with Crippen LogP contribution in [0.2, 0.25) is 0 Å². The zero-order valence-electron chi connectivity index (χ0n) is 5.61. The standard InChI is InChI=1S/C8H5O2S/c9-8-10-7-4-2-1-3-6(7)5-11-8/h1-5H. The van der Waals surface area contributed by atoms with Crippen molar-refractivity contribution in [1.82, 2.24) is 0 Å². The van der Waals surface area contributed by atoms with Crippen molar-refractivity contribution in [3.8, 4) is 5.75 Å². The Bertz CT molecular complexity index is 296. The third kappa shape index (κ3) is 1.24. The summed E-state index contributed by atoms with van der Waals surface area (Å²) in [5, 5.41) is -0.260. The van der Waals surface area contributed by atoms with Gasteiger partial charge in [0.05, 0.1) is 5.75 Å². The molecule has 1 aliphatic heterocycles. The summed E-state index contributed by atoms with van der Waals surface area (Å²) in [6, 6.07) is 7.45. The van der Waals surface area contributed by atoms with Gasteiger partial charge in [-0.2, -0.15) is 0 Å². The summed E-state index contributed by atoms with van der Waals surface area (Å²) in [6.45, 7) is 0. The Kier molecular flexibility index (Phi) is 1.58. The third-order valence-corrected chi connectivity index (χ3v) is 2.04. The highest BCUT2D eigenvalue weighted by molar-refractivity contribution is 8.15. The maximum atomic E-state index is 10.7. The van der Waals surface area contributed by atoms with E-state index in [1.165, 1.54) is 0 Å². The van der Waals surface area contributed by atoms with Crippen LogP contribution in [0.25, 0.3) is 0 Å². The summed E-state index contributed by atoms with van der Waals surface area (Å²) in [4.78, 5) is 10.7. The van der Waals surface area contributed by atoms with Gasteiger partial charge in [-0.05, 0) is 17.8 Å². The van der Waals surface area contributed by atoms with E-state index in [1.54, 1.807) is 11.8 Å². The molecule has 0 bridgehead atoms. The van der Waals surface area contributed by atoms with Gasteiger partial charge in [-0.15, -0.1) is 0 Å². The molecular formula is C8H5O2S. The lowest BCUT2D eigenvalue weighted by Gasteiger charge is -2.12. The maximum absolute atomic E-state index is 10.7. The zero-order chi connectivity index (χ0) is 7.68. The van der Waals surface area contributed by atoms with E-state index < -0.39 is 0 Å². The fraction of sp³-hybridized carbons (Fsp3) is 0. The Balaban J connectivity index is 2.41. The van der Waals surface area contributed by atoms with Crippen LogP contribution in [0.5, 0.6) is 5.75 Å². The lowest BCUT2D eigenvalue weighted by Crippen LogP contribution is -2.06. The SMILES string of the molecule is O=C1Oc2ccccc2[CH]S1. The number of ether oxygens (including phenoxy) is 1. The molecule has 1 aromatic carbocycles. The number of fused-ring (bicyclic) bond motifs is 1. The molecule has 2 nitrogen and oxygen atoms in total. The minimum Gasteiger partial charge on any atom is -0.418 e. The van der Waals surface area contributed by atoms with E-state index in [1.807, 2.05) is 18.2 Å². The summed E-state index contributed by atoms with van der Waals surface area (Å²) in [6.07, 6.45) is 0. The van der Waals surface area contributed by atoms with Crippen LogP contribution in [0.3, 0.4) is 0 Å². The maximum Gasteiger partial charge on any atom is 0.373 e. The monoisotopic (exact) mass is 165 g/mol. The van der Waals surface area contributed by atoms with Crippen LogP contribution in [-0.2, 0) is 0 Å². The van der Waals surface area contributed by atoms with Crippen molar-refractivity contribution in [2.75, 3.05) is 0 Å². The number of benzene rings is 1. The van der Waals surface area contributed by atoms with Gasteiger partial charge in [-0.1, -0.05) is 18.2 Å². The second-order valence-electron chi connectivity index (χ2n) is 2.13. The van der Waals surface area contributed by atoms with E-state index in [2.05, 4.69) is 0 Å². The van der Waals surface area contributed by atoms with Gasteiger partial charge >= 0.3 is 5.30 Å². The number of carbonyl (C=O) groups is 1. The fourth-order valence-corrected chi connectivity index (χ4v) is 1.45. The molecule has 55 valence electrons. The van der Waals surface area contributed by atoms with E-state index in [0.29, 0.717) is 5.75 Å². The summed E-state index contributed by atoms with van der Waals surface area (Å²) in [5.74, 6) is 2.44. The topological polar surface area (TPSA) is 26.3 Å². The molecule has 1 heterocycles. The average molecular weight is 165 g/mol. The molecule has 1 radical (unpaired) electrons. The van der Waals surface area contributed by atoms with E-state index in [-0.39, 0.29) is 5.30 Å². The molecule has 0 saturated heterocycles. The summed E-state index contributed by atoms with van der Waals surface area (Å²) in [5.41, 5.74) is 0.970. The molecule has 0 atom stereocenters. The highest BCUT2D eigenvalue weighted by Crippen LogP contribution is 2.31. The van der Waals surface area contributed by atoms with Gasteiger partial charge in [-0.3, -0.25) is 0 Å². The van der Waals surface area contributed by atoms with Gasteiger partial charge in [-0.25, -0.2) is 4.79 Å². The van der Waals surface area contributed by atoms with Crippen LogP contribution < -0.4 is 4.74 Å². The van der Waals surface area contributed by atoms with Gasteiger partial charge in [0.15, 0.2) is 0 Å². The third-order valence-electron chi connectivity index (χ3n) is 1.39. The molecule has 3 heteroatoms. The van der Waals surface area contributed by atoms with Crippen molar-refractivity contribution < 1.29 is 9.53 Å². The van der Waals surface area contributed by atoms with Crippen molar-refractivity contribution in [2.45, 2.75) is 0 Å². The van der Waals surface area contributed by atoms with Crippen LogP contribution in [0, 0.1) is 5.75 Å². The number of rotatable bonds is 0. The molecule has 2 rings (SSSR count). The van der Waals surface area contributed by atoms with Crippen molar-refractivity contribution in [3.63, 3.8) is 0 Å². The first kappa shape index (κ1) is 6.73. The van der Waals surface area contributed by atoms with E-state index in [4.69, 9.17) is 4.74 Å². The molecule has 0 unspecified atom stereocenters. The summed E-state index contributed by atoms with van der Waals surface area (Å²) >= 11 is 1.07. The first-order valence-electron chi connectivity index (χ1n) is 3.17. The quantitative estimate of drug-likeness (QED) is 0.552. The fourth-order valence-electron chi connectivity index (χ4n) is 0.896. The van der Waals surface area contributed by atoms with Gasteiger partial charge < -0.3 is 4.74 Å². The predicted octanol–water partition coefficient (Wildman–Crippen LogP) is 2.44. The van der Waals surface area contributed by atoms with Crippen LogP contribution in [-0.4, -0.2) is 5.30 Å². The lowest BCUT2D eigenvalue weighted by atomic mass is 10.2. The minimum atomic E-state index is -0.260. The van der Waals surface area contributed by atoms with E-state index >= 15 is 0 Å². The van der Waals surface area contributed by atoms with Crippen molar-refractivity contribution in [3.05, 3.63) is 35.6 Å². The number of carbonyl (C=O) groups excluding carboxylic acids is 1. The average Bonchev–Trinajstić information content (AvgIpc) is 2.04. The van der Waals surface area contributed by atoms with Crippen molar-refractivity contribution in [1.29, 1.82) is 0 Å². The lowest BCUT2D eigenvalue weighted by molar-refractivity contribution is 0.226. The Morgan fingerprint density at radius 1 is 1.27 bits per heavy atom. The smallest absolute Gasteiger partial charge is 0.373 e. The molecule has 0 N–H and O–H groups in total. The number of hydrogen-bond acceptors (Lipinski definition) is 3. The van der Waals surface area contributed by atoms with Gasteiger partial charge in [0.25, 0.3) is 0 Å². The molecular weight excluding hydrogens is 160 g/mol. The molecule has 0 spiro atoms. The van der Waals surface area contributed by atoms with Crippen molar-refractivity contribution >= 4 is 17.1 Å². The molecule has 0 aliphatic carbocycles. The Hall–Kier alpha value is -0.960. The minimum absolute atomic E-state index is 0.260. The number of hydrogen-bond donors (Lipinski definition) is 0. The normalized spacial score (nSPS) is 15.5. The number of thioether (sulfide) groups is 1. The first-order valence-corrected chi connectivity index (χ1v) is 4.05. The van der Waals surface area contributed by atoms with Crippen molar-refractivity contribution in [2.24, 2.45) is 0 Å². The van der Waals surface area contributed by atoms with Crippen LogP contribution >= 0.6 is 11.8 Å². The Morgan fingerprint density at radius 3 is 3.00 bits per heavy atom. The van der Waals surface area contributed by atoms with Crippen LogP contribution in [0.4, 0.5) is 4.79 Å². The predicted molar refractivity (Wildman–Crippen MR) is 43.5 cm³/mol. The van der Waals surface area contributed by atoms with Gasteiger partial charge in [0, 0.05) is 5.56 Å². The van der Waals surface area contributed by atoms with Crippen LogP contribution in [0.1, 0.15) is 5.56 Å².